The zero-order chi connectivity index (χ0) is 8.72. The molecule has 2 aromatic rings. The summed E-state index contributed by atoms with van der Waals surface area (Å²) >= 11 is 1.83. The first-order valence-corrected chi connectivity index (χ1v) is 5.07. The van der Waals surface area contributed by atoms with E-state index in [1.807, 2.05) is 11.3 Å². The molecular weight excluding hydrogens is 166 g/mol. The molecule has 0 unspecified atom stereocenters. The number of nitrogens with one attached hydrogen (secondary N) is 1. The van der Waals surface area contributed by atoms with E-state index in [4.69, 9.17) is 0 Å². The highest BCUT2D eigenvalue weighted by Gasteiger charge is 2.05. The maximum Gasteiger partial charge on any atom is 0.100 e. The lowest BCUT2D eigenvalue weighted by Gasteiger charge is -1.97. The molecule has 0 aliphatic heterocycles. The zero-order valence-electron chi connectivity index (χ0n) is 7.64. The molecule has 0 saturated carbocycles. The lowest BCUT2D eigenvalue weighted by molar-refractivity contribution is 0.837. The number of hydrogen-bond donors (Lipinski definition) is 1. The van der Waals surface area contributed by atoms with Crippen molar-refractivity contribution in [3.63, 3.8) is 0 Å². The highest BCUT2D eigenvalue weighted by atomic mass is 32.1. The molecule has 12 heavy (non-hydrogen) atoms. The molecule has 0 aliphatic carbocycles. The Bertz CT molecular complexity index is 363. The molecule has 0 fully saturated rings. The number of rotatable bonds is 1. The fraction of sp³-hybridized carbons (Fsp3) is 0.400. The molecule has 0 bridgehead atoms. The fourth-order valence-electron chi connectivity index (χ4n) is 1.38. The van der Waals surface area contributed by atoms with Gasteiger partial charge in [-0.2, -0.15) is 0 Å². The van der Waals surface area contributed by atoms with Crippen LogP contribution in [0.3, 0.4) is 0 Å². The Hall–Kier alpha value is -0.760. The van der Waals surface area contributed by atoms with Crippen molar-refractivity contribution in [3.8, 4) is 0 Å². The smallest absolute Gasteiger partial charge is 0.100 e. The van der Waals surface area contributed by atoms with Gasteiger partial charge in [0.05, 0.1) is 0 Å². The quantitative estimate of drug-likeness (QED) is 0.687. The van der Waals surface area contributed by atoms with Gasteiger partial charge < -0.3 is 4.98 Å². The molecule has 0 amide bonds. The summed E-state index contributed by atoms with van der Waals surface area (Å²) in [4.78, 5) is 6.13. The van der Waals surface area contributed by atoms with Crippen molar-refractivity contribution in [2.75, 3.05) is 0 Å². The maximum atomic E-state index is 3.43. The van der Waals surface area contributed by atoms with E-state index in [9.17, 15) is 0 Å². The number of aromatic nitrogens is 1. The van der Waals surface area contributed by atoms with Gasteiger partial charge in [-0.1, -0.05) is 13.8 Å². The first-order chi connectivity index (χ1) is 5.66. The van der Waals surface area contributed by atoms with Crippen LogP contribution in [-0.4, -0.2) is 4.98 Å². The molecule has 0 saturated heterocycles. The zero-order valence-corrected chi connectivity index (χ0v) is 8.46. The molecule has 2 heterocycles. The average molecular weight is 179 g/mol. The molecule has 0 atom stereocenters. The van der Waals surface area contributed by atoms with Gasteiger partial charge in [-0.15, -0.1) is 11.3 Å². The lowest BCUT2D eigenvalue weighted by atomic mass is 10.1. The molecule has 0 aliphatic rings. The summed E-state index contributed by atoms with van der Waals surface area (Å²) in [5, 5.41) is 1.36. The van der Waals surface area contributed by atoms with Gasteiger partial charge in [-0.25, -0.2) is 0 Å². The summed E-state index contributed by atoms with van der Waals surface area (Å²) in [6.45, 7) is 6.57. The predicted octanol–water partition coefficient (Wildman–Crippen LogP) is 3.66. The Balaban J connectivity index is 2.57. The fourth-order valence-corrected chi connectivity index (χ4v) is 2.30. The minimum absolute atomic E-state index is 0.602. The van der Waals surface area contributed by atoms with E-state index >= 15 is 0 Å². The second kappa shape index (κ2) is 2.63. The van der Waals surface area contributed by atoms with Crippen molar-refractivity contribution in [1.82, 2.24) is 4.98 Å². The third-order valence-corrected chi connectivity index (χ3v) is 3.06. The van der Waals surface area contributed by atoms with Crippen molar-refractivity contribution in [3.05, 3.63) is 22.7 Å². The topological polar surface area (TPSA) is 15.8 Å². The van der Waals surface area contributed by atoms with Crippen molar-refractivity contribution in [1.29, 1.82) is 0 Å². The van der Waals surface area contributed by atoms with Gasteiger partial charge in [0.1, 0.15) is 4.83 Å². The monoisotopic (exact) mass is 179 g/mol. The van der Waals surface area contributed by atoms with Crippen LogP contribution in [0.4, 0.5) is 0 Å². The number of aromatic amines is 1. The average Bonchev–Trinajstić information content (AvgIpc) is 2.42. The summed E-state index contributed by atoms with van der Waals surface area (Å²) in [5.41, 5.74) is 1.34. The standard InChI is InChI=1S/C10H13NS/c1-6(2)9-5-8-4-7(3)12-10(8)11-9/h4-6,11H,1-3H3. The Morgan fingerprint density at radius 1 is 1.33 bits per heavy atom. The Morgan fingerprint density at radius 3 is 2.67 bits per heavy atom. The number of hydrogen-bond acceptors (Lipinski definition) is 1. The first-order valence-electron chi connectivity index (χ1n) is 4.26. The van der Waals surface area contributed by atoms with E-state index in [1.54, 1.807) is 0 Å². The van der Waals surface area contributed by atoms with E-state index in [0.717, 1.165) is 0 Å². The molecule has 1 nitrogen and oxygen atoms in total. The Kier molecular flexibility index (Phi) is 1.72. The van der Waals surface area contributed by atoms with Gasteiger partial charge in [0, 0.05) is 16.0 Å². The van der Waals surface area contributed by atoms with Crippen LogP contribution in [0.25, 0.3) is 10.2 Å². The summed E-state index contributed by atoms with van der Waals surface area (Å²) < 4.78 is 0. The Morgan fingerprint density at radius 2 is 2.08 bits per heavy atom. The van der Waals surface area contributed by atoms with Crippen LogP contribution in [0, 0.1) is 6.92 Å². The van der Waals surface area contributed by atoms with Gasteiger partial charge in [0.15, 0.2) is 0 Å². The van der Waals surface area contributed by atoms with E-state index in [-0.39, 0.29) is 0 Å². The number of aryl methyl sites for hydroxylation is 1. The van der Waals surface area contributed by atoms with Gasteiger partial charge in [-0.3, -0.25) is 0 Å². The third kappa shape index (κ3) is 1.16. The largest absolute Gasteiger partial charge is 0.350 e. The molecule has 0 radical (unpaired) electrons. The van der Waals surface area contributed by atoms with Crippen LogP contribution in [-0.2, 0) is 0 Å². The van der Waals surface area contributed by atoms with Gasteiger partial charge in [-0.05, 0) is 25.0 Å². The van der Waals surface area contributed by atoms with Crippen LogP contribution in [0.5, 0.6) is 0 Å². The molecule has 2 heteroatoms. The minimum atomic E-state index is 0.602. The number of thiophene rings is 1. The molecule has 0 spiro atoms. The summed E-state index contributed by atoms with van der Waals surface area (Å²) in [7, 11) is 0. The summed E-state index contributed by atoms with van der Waals surface area (Å²) in [6, 6.07) is 4.49. The molecule has 64 valence electrons. The molecule has 0 aromatic carbocycles. The van der Waals surface area contributed by atoms with Crippen LogP contribution < -0.4 is 0 Å². The Labute approximate surface area is 76.4 Å². The van der Waals surface area contributed by atoms with Crippen LogP contribution in [0.1, 0.15) is 30.3 Å². The van der Waals surface area contributed by atoms with E-state index < -0.39 is 0 Å². The molecule has 1 N–H and O–H groups in total. The van der Waals surface area contributed by atoms with E-state index in [1.165, 1.54) is 20.8 Å². The highest BCUT2D eigenvalue weighted by molar-refractivity contribution is 7.18. The molecular formula is C10H13NS. The second-order valence-corrected chi connectivity index (χ2v) is 4.78. The SMILES string of the molecule is Cc1cc2cc(C(C)C)[nH]c2s1. The summed E-state index contributed by atoms with van der Waals surface area (Å²) in [6.07, 6.45) is 0. The van der Waals surface area contributed by atoms with Crippen LogP contribution >= 0.6 is 11.3 Å². The van der Waals surface area contributed by atoms with Crippen molar-refractivity contribution in [2.45, 2.75) is 26.7 Å². The normalized spacial score (nSPS) is 11.7. The van der Waals surface area contributed by atoms with Crippen LogP contribution in [0.15, 0.2) is 12.1 Å². The molecule has 2 rings (SSSR count). The lowest BCUT2D eigenvalue weighted by Crippen LogP contribution is -1.84. The first kappa shape index (κ1) is 7.87. The van der Waals surface area contributed by atoms with Crippen molar-refractivity contribution >= 4 is 21.6 Å². The number of fused-ring (bicyclic) bond motifs is 1. The van der Waals surface area contributed by atoms with E-state index in [2.05, 4.69) is 37.9 Å². The van der Waals surface area contributed by atoms with Gasteiger partial charge in [0.2, 0.25) is 0 Å². The summed E-state index contributed by atoms with van der Waals surface area (Å²) in [5.74, 6) is 0.602. The maximum absolute atomic E-state index is 3.43. The second-order valence-electron chi connectivity index (χ2n) is 3.52. The van der Waals surface area contributed by atoms with Crippen molar-refractivity contribution < 1.29 is 0 Å². The third-order valence-electron chi connectivity index (χ3n) is 2.07. The van der Waals surface area contributed by atoms with Gasteiger partial charge in [0.25, 0.3) is 0 Å². The molecule has 2 aromatic heterocycles. The predicted molar refractivity (Wildman–Crippen MR) is 55.0 cm³/mol. The van der Waals surface area contributed by atoms with Crippen LogP contribution in [0.2, 0.25) is 0 Å². The highest BCUT2D eigenvalue weighted by Crippen LogP contribution is 2.27. The minimum Gasteiger partial charge on any atom is -0.350 e. The van der Waals surface area contributed by atoms with Crippen molar-refractivity contribution in [2.24, 2.45) is 0 Å². The van der Waals surface area contributed by atoms with E-state index in [0.29, 0.717) is 5.92 Å². The van der Waals surface area contributed by atoms with Gasteiger partial charge >= 0.3 is 0 Å². The number of H-pyrrole nitrogens is 1.